The van der Waals surface area contributed by atoms with Gasteiger partial charge in [-0.25, -0.2) is 9.78 Å². The number of amides is 3. The fourth-order valence-corrected chi connectivity index (χ4v) is 4.68. The summed E-state index contributed by atoms with van der Waals surface area (Å²) in [5.41, 5.74) is 8.77. The first kappa shape index (κ1) is 30.3. The van der Waals surface area contributed by atoms with Gasteiger partial charge in [-0.1, -0.05) is 48.5 Å². The summed E-state index contributed by atoms with van der Waals surface area (Å²) in [5, 5.41) is 18.6. The summed E-state index contributed by atoms with van der Waals surface area (Å²) in [6.07, 6.45) is 4.80. The van der Waals surface area contributed by atoms with Crippen LogP contribution in [0.4, 0.5) is 0 Å². The molecule has 0 aliphatic heterocycles. The molecule has 0 aliphatic carbocycles. The normalized spacial score (nSPS) is 14.0. The number of benzene rings is 2. The Morgan fingerprint density at radius 2 is 1.48 bits per heavy atom. The first-order valence-corrected chi connectivity index (χ1v) is 13.9. The van der Waals surface area contributed by atoms with Crippen LogP contribution in [0.25, 0.3) is 10.9 Å². The smallest absolute Gasteiger partial charge is 0.326 e. The van der Waals surface area contributed by atoms with Crippen LogP contribution in [-0.2, 0) is 38.4 Å². The highest BCUT2D eigenvalue weighted by atomic mass is 32.1. The van der Waals surface area contributed by atoms with Gasteiger partial charge in [-0.3, -0.25) is 14.4 Å². The van der Waals surface area contributed by atoms with Gasteiger partial charge in [0.15, 0.2) is 0 Å². The molecule has 220 valence electrons. The number of carboxylic acid groups (broad SMARTS) is 1. The van der Waals surface area contributed by atoms with Crippen molar-refractivity contribution in [3.05, 3.63) is 90.1 Å². The van der Waals surface area contributed by atoms with E-state index in [9.17, 15) is 24.3 Å². The van der Waals surface area contributed by atoms with Crippen LogP contribution < -0.4 is 21.7 Å². The van der Waals surface area contributed by atoms with Crippen molar-refractivity contribution in [2.75, 3.05) is 5.75 Å². The Hall–Kier alpha value is -4.62. The molecule has 12 nitrogen and oxygen atoms in total. The molecule has 0 saturated heterocycles. The van der Waals surface area contributed by atoms with E-state index >= 15 is 0 Å². The predicted molar refractivity (Wildman–Crippen MR) is 160 cm³/mol. The molecule has 4 atom stereocenters. The van der Waals surface area contributed by atoms with Crippen LogP contribution >= 0.6 is 12.6 Å². The van der Waals surface area contributed by atoms with Crippen LogP contribution in [0.5, 0.6) is 0 Å². The van der Waals surface area contributed by atoms with Crippen LogP contribution in [0, 0.1) is 0 Å². The molecule has 3 amide bonds. The molecule has 4 aromatic rings. The number of aromatic amines is 2. The number of rotatable bonds is 14. The lowest BCUT2D eigenvalue weighted by Gasteiger charge is -2.25. The molecule has 8 N–H and O–H groups in total. The lowest BCUT2D eigenvalue weighted by molar-refractivity contribution is -0.142. The van der Waals surface area contributed by atoms with Crippen LogP contribution in [0.2, 0.25) is 0 Å². The number of thiol groups is 1. The van der Waals surface area contributed by atoms with Crippen molar-refractivity contribution in [1.82, 2.24) is 30.9 Å². The number of aliphatic carboxylic acids is 1. The Morgan fingerprint density at radius 1 is 0.833 bits per heavy atom. The van der Waals surface area contributed by atoms with E-state index in [-0.39, 0.29) is 25.0 Å². The van der Waals surface area contributed by atoms with Crippen LogP contribution in [0.15, 0.2) is 73.3 Å². The second kappa shape index (κ2) is 14.3. The lowest BCUT2D eigenvalue weighted by atomic mass is 10.0. The second-order valence-electron chi connectivity index (χ2n) is 9.85. The van der Waals surface area contributed by atoms with E-state index in [0.717, 1.165) is 22.0 Å². The molecule has 0 fully saturated rings. The van der Waals surface area contributed by atoms with Gasteiger partial charge in [0.05, 0.1) is 12.4 Å². The van der Waals surface area contributed by atoms with Crippen molar-refractivity contribution in [1.29, 1.82) is 0 Å². The van der Waals surface area contributed by atoms with Crippen LogP contribution in [0.3, 0.4) is 0 Å². The van der Waals surface area contributed by atoms with E-state index < -0.39 is 47.9 Å². The predicted octanol–water partition coefficient (Wildman–Crippen LogP) is 0.715. The van der Waals surface area contributed by atoms with Crippen LogP contribution in [-0.4, -0.2) is 73.7 Å². The molecule has 0 radical (unpaired) electrons. The first-order chi connectivity index (χ1) is 20.2. The summed E-state index contributed by atoms with van der Waals surface area (Å²) in [4.78, 5) is 61.8. The minimum Gasteiger partial charge on any atom is -0.480 e. The van der Waals surface area contributed by atoms with Crippen molar-refractivity contribution in [3.8, 4) is 0 Å². The summed E-state index contributed by atoms with van der Waals surface area (Å²) >= 11 is 4.09. The van der Waals surface area contributed by atoms with E-state index in [2.05, 4.69) is 43.5 Å². The number of nitrogens with zero attached hydrogens (tertiary/aromatic N) is 1. The number of nitrogens with one attached hydrogen (secondary N) is 5. The number of para-hydroxylation sites is 1. The molecule has 0 saturated carbocycles. The molecule has 4 rings (SSSR count). The summed E-state index contributed by atoms with van der Waals surface area (Å²) in [6.45, 7) is 0. The minimum atomic E-state index is -1.27. The molecule has 2 aromatic heterocycles. The molecule has 0 spiro atoms. The number of carboxylic acids is 1. The van der Waals surface area contributed by atoms with Crippen molar-refractivity contribution in [2.45, 2.75) is 43.4 Å². The van der Waals surface area contributed by atoms with E-state index in [4.69, 9.17) is 5.73 Å². The standard InChI is InChI=1S/C29H33N7O5S/c30-21(15-42)26(37)34-24(11-18-13-32-22-9-5-4-8-20(18)22)28(39)35-23(10-17-6-2-1-3-7-17)27(38)36-25(29(40)41)12-19-14-31-16-33-19/h1-9,13-14,16,21,23-25,32,42H,10-12,15,30H2,(H,31,33)(H,34,37)(H,35,39)(H,36,38)(H,40,41). The van der Waals surface area contributed by atoms with Gasteiger partial charge >= 0.3 is 5.97 Å². The number of imidazole rings is 1. The molecule has 42 heavy (non-hydrogen) atoms. The molecule has 0 bridgehead atoms. The zero-order chi connectivity index (χ0) is 30.1. The molecule has 13 heteroatoms. The van der Waals surface area contributed by atoms with Crippen molar-refractivity contribution < 1.29 is 24.3 Å². The molecule has 0 aliphatic rings. The van der Waals surface area contributed by atoms with E-state index in [1.54, 1.807) is 30.5 Å². The summed E-state index contributed by atoms with van der Waals surface area (Å²) in [5.74, 6) is -3.06. The third kappa shape index (κ3) is 7.98. The largest absolute Gasteiger partial charge is 0.480 e. The van der Waals surface area contributed by atoms with E-state index in [1.165, 1.54) is 12.5 Å². The fourth-order valence-electron chi connectivity index (χ4n) is 4.51. The number of hydrogen-bond donors (Lipinski definition) is 8. The van der Waals surface area contributed by atoms with Crippen molar-refractivity contribution >= 4 is 47.2 Å². The Bertz CT molecular complexity index is 1510. The molecular weight excluding hydrogens is 558 g/mol. The highest BCUT2D eigenvalue weighted by molar-refractivity contribution is 7.80. The van der Waals surface area contributed by atoms with E-state index in [0.29, 0.717) is 5.69 Å². The minimum absolute atomic E-state index is 0.0338. The fraction of sp³-hybridized carbons (Fsp3) is 0.276. The Morgan fingerprint density at radius 3 is 2.14 bits per heavy atom. The highest BCUT2D eigenvalue weighted by Crippen LogP contribution is 2.19. The summed E-state index contributed by atoms with van der Waals surface area (Å²) in [6, 6.07) is 12.1. The molecule has 4 unspecified atom stereocenters. The average Bonchev–Trinajstić information content (AvgIpc) is 3.66. The zero-order valence-corrected chi connectivity index (χ0v) is 23.5. The SMILES string of the molecule is NC(CS)C(=O)NC(Cc1c[nH]c2ccccc12)C(=O)NC(Cc1ccccc1)C(=O)NC(Cc1cnc[nH]1)C(=O)O. The van der Waals surface area contributed by atoms with Crippen molar-refractivity contribution in [2.24, 2.45) is 5.73 Å². The number of nitrogens with two attached hydrogens (primary N) is 1. The number of aromatic nitrogens is 3. The number of carbonyl (C=O) groups excluding carboxylic acids is 3. The quantitative estimate of drug-likeness (QED) is 0.0989. The maximum absolute atomic E-state index is 13.7. The van der Waals surface area contributed by atoms with Gasteiger partial charge in [-0.05, 0) is 17.2 Å². The van der Waals surface area contributed by atoms with Gasteiger partial charge in [0.2, 0.25) is 17.7 Å². The molecule has 2 heterocycles. The Balaban J connectivity index is 1.58. The third-order valence-corrected chi connectivity index (χ3v) is 7.17. The maximum Gasteiger partial charge on any atom is 0.326 e. The van der Waals surface area contributed by atoms with E-state index in [1.807, 2.05) is 30.3 Å². The number of H-pyrrole nitrogens is 2. The van der Waals surface area contributed by atoms with Gasteiger partial charge in [0.25, 0.3) is 0 Å². The average molecular weight is 592 g/mol. The van der Waals surface area contributed by atoms with Crippen molar-refractivity contribution in [3.63, 3.8) is 0 Å². The molecule has 2 aromatic carbocycles. The third-order valence-electron chi connectivity index (χ3n) is 6.77. The summed E-state index contributed by atoms with van der Waals surface area (Å²) < 4.78 is 0. The van der Waals surface area contributed by atoms with Gasteiger partial charge < -0.3 is 36.8 Å². The first-order valence-electron chi connectivity index (χ1n) is 13.3. The Kier molecular flexibility index (Phi) is 10.3. The second-order valence-corrected chi connectivity index (χ2v) is 10.2. The highest BCUT2D eigenvalue weighted by Gasteiger charge is 2.31. The summed E-state index contributed by atoms with van der Waals surface area (Å²) in [7, 11) is 0. The maximum atomic E-state index is 13.7. The Labute approximate surface area is 247 Å². The van der Waals surface area contributed by atoms with Gasteiger partial charge in [0.1, 0.15) is 18.1 Å². The zero-order valence-electron chi connectivity index (χ0n) is 22.6. The number of hydrogen-bond acceptors (Lipinski definition) is 7. The van der Waals surface area contributed by atoms with Gasteiger partial charge in [0, 0.05) is 54.0 Å². The molecular formula is C29H33N7O5S. The van der Waals surface area contributed by atoms with Crippen LogP contribution in [0.1, 0.15) is 16.8 Å². The monoisotopic (exact) mass is 591 g/mol. The lowest BCUT2D eigenvalue weighted by Crippen LogP contribution is -2.58. The topological polar surface area (TPSA) is 195 Å². The van der Waals surface area contributed by atoms with Gasteiger partial charge in [-0.2, -0.15) is 12.6 Å². The number of fused-ring (bicyclic) bond motifs is 1. The van der Waals surface area contributed by atoms with Gasteiger partial charge in [-0.15, -0.1) is 0 Å². The number of carbonyl (C=O) groups is 4.